The molecule has 88 valence electrons. The zero-order chi connectivity index (χ0) is 11.5. The van der Waals surface area contributed by atoms with E-state index in [2.05, 4.69) is 9.64 Å². The van der Waals surface area contributed by atoms with Gasteiger partial charge in [-0.2, -0.15) is 0 Å². The fourth-order valence-electron chi connectivity index (χ4n) is 2.08. The highest BCUT2D eigenvalue weighted by atomic mass is 16.5. The van der Waals surface area contributed by atoms with E-state index in [-0.39, 0.29) is 0 Å². The maximum absolute atomic E-state index is 11.4. The summed E-state index contributed by atoms with van der Waals surface area (Å²) in [5, 5.41) is 0. The molecule has 0 aliphatic carbocycles. The van der Waals surface area contributed by atoms with Crippen LogP contribution in [0.1, 0.15) is 34.7 Å². The van der Waals surface area contributed by atoms with Crippen LogP contribution in [0.4, 0.5) is 0 Å². The van der Waals surface area contributed by atoms with Crippen molar-refractivity contribution in [1.29, 1.82) is 0 Å². The van der Waals surface area contributed by atoms with E-state index in [0.29, 0.717) is 5.76 Å². The first-order valence-corrected chi connectivity index (χ1v) is 5.60. The number of nitrogens with zero attached hydrogens (tertiary/aromatic N) is 1. The van der Waals surface area contributed by atoms with Crippen molar-refractivity contribution in [3.8, 4) is 0 Å². The van der Waals surface area contributed by atoms with Gasteiger partial charge in [-0.05, 0) is 38.9 Å². The van der Waals surface area contributed by atoms with Gasteiger partial charge in [0.05, 0.1) is 13.7 Å². The molecule has 1 aliphatic heterocycles. The van der Waals surface area contributed by atoms with Gasteiger partial charge in [0, 0.05) is 5.56 Å². The Morgan fingerprint density at radius 2 is 2.19 bits per heavy atom. The van der Waals surface area contributed by atoms with Gasteiger partial charge in [0.25, 0.3) is 0 Å². The first-order valence-electron chi connectivity index (χ1n) is 5.60. The SMILES string of the molecule is COC(=O)c1oc(CN2CCCC2)cc1C. The van der Waals surface area contributed by atoms with Crippen molar-refractivity contribution in [2.24, 2.45) is 0 Å². The fraction of sp³-hybridized carbons (Fsp3) is 0.583. The van der Waals surface area contributed by atoms with Crippen LogP contribution in [0.25, 0.3) is 0 Å². The Hall–Kier alpha value is -1.29. The van der Waals surface area contributed by atoms with Gasteiger partial charge in [-0.1, -0.05) is 0 Å². The smallest absolute Gasteiger partial charge is 0.374 e. The van der Waals surface area contributed by atoms with Crippen LogP contribution in [0, 0.1) is 6.92 Å². The number of esters is 1. The summed E-state index contributed by atoms with van der Waals surface area (Å²) >= 11 is 0. The number of likely N-dealkylation sites (tertiary alicyclic amines) is 1. The Morgan fingerprint density at radius 1 is 1.50 bits per heavy atom. The van der Waals surface area contributed by atoms with Crippen LogP contribution < -0.4 is 0 Å². The molecular weight excluding hydrogens is 206 g/mol. The summed E-state index contributed by atoms with van der Waals surface area (Å²) in [7, 11) is 1.37. The first-order chi connectivity index (χ1) is 7.70. The lowest BCUT2D eigenvalue weighted by Gasteiger charge is -2.11. The van der Waals surface area contributed by atoms with E-state index in [9.17, 15) is 4.79 Å². The molecule has 1 fully saturated rings. The quantitative estimate of drug-likeness (QED) is 0.735. The average molecular weight is 223 g/mol. The van der Waals surface area contributed by atoms with Gasteiger partial charge in [-0.3, -0.25) is 4.90 Å². The van der Waals surface area contributed by atoms with Crippen molar-refractivity contribution >= 4 is 5.97 Å². The second kappa shape index (κ2) is 4.70. The van der Waals surface area contributed by atoms with Gasteiger partial charge in [-0.25, -0.2) is 4.79 Å². The number of methoxy groups -OCH3 is 1. The molecule has 0 atom stereocenters. The van der Waals surface area contributed by atoms with Gasteiger partial charge in [0.15, 0.2) is 0 Å². The lowest BCUT2D eigenvalue weighted by Crippen LogP contribution is -2.17. The molecule has 4 heteroatoms. The van der Waals surface area contributed by atoms with Gasteiger partial charge >= 0.3 is 5.97 Å². The molecule has 1 aliphatic rings. The zero-order valence-corrected chi connectivity index (χ0v) is 9.78. The van der Waals surface area contributed by atoms with Gasteiger partial charge in [0.2, 0.25) is 5.76 Å². The first kappa shape index (κ1) is 11.2. The second-order valence-corrected chi connectivity index (χ2v) is 4.20. The van der Waals surface area contributed by atoms with E-state index < -0.39 is 5.97 Å². The van der Waals surface area contributed by atoms with Gasteiger partial charge < -0.3 is 9.15 Å². The molecule has 1 aromatic heterocycles. The monoisotopic (exact) mass is 223 g/mol. The van der Waals surface area contributed by atoms with Crippen molar-refractivity contribution < 1.29 is 13.9 Å². The molecular formula is C12H17NO3. The minimum atomic E-state index is -0.398. The molecule has 16 heavy (non-hydrogen) atoms. The van der Waals surface area contributed by atoms with Crippen LogP contribution in [-0.2, 0) is 11.3 Å². The highest BCUT2D eigenvalue weighted by molar-refractivity contribution is 5.87. The molecule has 2 heterocycles. The van der Waals surface area contributed by atoms with Crippen LogP contribution in [0.3, 0.4) is 0 Å². The summed E-state index contributed by atoms with van der Waals surface area (Å²) in [6.45, 7) is 4.89. The number of rotatable bonds is 3. The summed E-state index contributed by atoms with van der Waals surface area (Å²) in [6, 6.07) is 1.92. The van der Waals surface area contributed by atoms with Crippen LogP contribution in [0.15, 0.2) is 10.5 Å². The number of carbonyl (C=O) groups is 1. The molecule has 0 unspecified atom stereocenters. The molecule has 0 N–H and O–H groups in total. The van der Waals surface area contributed by atoms with E-state index in [1.165, 1.54) is 20.0 Å². The third kappa shape index (κ3) is 2.27. The van der Waals surface area contributed by atoms with Crippen LogP contribution >= 0.6 is 0 Å². The summed E-state index contributed by atoms with van der Waals surface area (Å²) in [4.78, 5) is 13.7. The summed E-state index contributed by atoms with van der Waals surface area (Å²) in [5.41, 5.74) is 0.848. The molecule has 1 aromatic rings. The summed E-state index contributed by atoms with van der Waals surface area (Å²) < 4.78 is 10.2. The van der Waals surface area contributed by atoms with Crippen molar-refractivity contribution in [1.82, 2.24) is 4.90 Å². The lowest BCUT2D eigenvalue weighted by atomic mass is 10.2. The molecule has 1 saturated heterocycles. The molecule has 0 spiro atoms. The molecule has 0 bridgehead atoms. The molecule has 0 saturated carbocycles. The topological polar surface area (TPSA) is 42.7 Å². The highest BCUT2D eigenvalue weighted by Crippen LogP contribution is 2.19. The highest BCUT2D eigenvalue weighted by Gasteiger charge is 2.18. The summed E-state index contributed by atoms with van der Waals surface area (Å²) in [6.07, 6.45) is 2.51. The number of hydrogen-bond acceptors (Lipinski definition) is 4. The average Bonchev–Trinajstić information content (AvgIpc) is 2.88. The number of aryl methyl sites for hydroxylation is 1. The Labute approximate surface area is 95.2 Å². The third-order valence-electron chi connectivity index (χ3n) is 2.92. The molecule has 0 amide bonds. The predicted molar refractivity (Wildman–Crippen MR) is 59.3 cm³/mol. The number of ether oxygens (including phenoxy) is 1. The minimum absolute atomic E-state index is 0.330. The fourth-order valence-corrected chi connectivity index (χ4v) is 2.08. The van der Waals surface area contributed by atoms with E-state index in [1.54, 1.807) is 0 Å². The third-order valence-corrected chi connectivity index (χ3v) is 2.92. The van der Waals surface area contributed by atoms with E-state index in [0.717, 1.165) is 31.0 Å². The standard InChI is InChI=1S/C12H17NO3/c1-9-7-10(8-13-5-3-4-6-13)16-11(9)12(14)15-2/h7H,3-6,8H2,1-2H3. The van der Waals surface area contributed by atoms with E-state index >= 15 is 0 Å². The van der Waals surface area contributed by atoms with Crippen LogP contribution in [0.2, 0.25) is 0 Å². The van der Waals surface area contributed by atoms with Gasteiger partial charge in [0.1, 0.15) is 5.76 Å². The number of carbonyl (C=O) groups excluding carboxylic acids is 1. The maximum atomic E-state index is 11.4. The molecule has 4 nitrogen and oxygen atoms in total. The number of hydrogen-bond donors (Lipinski definition) is 0. The molecule has 0 radical (unpaired) electrons. The lowest BCUT2D eigenvalue weighted by molar-refractivity contribution is 0.0560. The normalized spacial score (nSPS) is 16.6. The Kier molecular flexibility index (Phi) is 3.29. The van der Waals surface area contributed by atoms with Crippen molar-refractivity contribution in [2.75, 3.05) is 20.2 Å². The Morgan fingerprint density at radius 3 is 2.81 bits per heavy atom. The van der Waals surface area contributed by atoms with Crippen molar-refractivity contribution in [2.45, 2.75) is 26.3 Å². The molecule has 2 rings (SSSR count). The second-order valence-electron chi connectivity index (χ2n) is 4.20. The molecule has 0 aromatic carbocycles. The van der Waals surface area contributed by atoms with Gasteiger partial charge in [-0.15, -0.1) is 0 Å². The van der Waals surface area contributed by atoms with E-state index in [4.69, 9.17) is 4.42 Å². The van der Waals surface area contributed by atoms with E-state index in [1.807, 2.05) is 13.0 Å². The summed E-state index contributed by atoms with van der Waals surface area (Å²) in [5.74, 6) is 0.779. The largest absolute Gasteiger partial charge is 0.463 e. The van der Waals surface area contributed by atoms with Crippen LogP contribution in [0.5, 0.6) is 0 Å². The Balaban J connectivity index is 2.07. The van der Waals surface area contributed by atoms with Crippen LogP contribution in [-0.4, -0.2) is 31.1 Å². The Bertz CT molecular complexity index is 378. The minimum Gasteiger partial charge on any atom is -0.463 e. The maximum Gasteiger partial charge on any atom is 0.374 e. The number of furan rings is 1. The van der Waals surface area contributed by atoms with Crippen molar-refractivity contribution in [3.05, 3.63) is 23.2 Å². The predicted octanol–water partition coefficient (Wildman–Crippen LogP) is 1.97. The zero-order valence-electron chi connectivity index (χ0n) is 9.78. The van der Waals surface area contributed by atoms with Crippen molar-refractivity contribution in [3.63, 3.8) is 0 Å².